The molecule has 8 heteroatoms. The van der Waals surface area contributed by atoms with Gasteiger partial charge in [0.05, 0.1) is 23.2 Å². The summed E-state index contributed by atoms with van der Waals surface area (Å²) in [5.74, 6) is -1.19. The van der Waals surface area contributed by atoms with Crippen molar-refractivity contribution in [2.75, 3.05) is 10.9 Å². The summed E-state index contributed by atoms with van der Waals surface area (Å²) in [4.78, 5) is 25.6. The first-order chi connectivity index (χ1) is 17.2. The van der Waals surface area contributed by atoms with Crippen molar-refractivity contribution in [2.24, 2.45) is 0 Å². The molecule has 186 valence electrons. The molecule has 1 aliphatic heterocycles. The number of ketones is 1. The lowest BCUT2D eigenvalue weighted by molar-refractivity contribution is -0.137. The molecule has 1 aliphatic rings. The van der Waals surface area contributed by atoms with Crippen LogP contribution >= 0.6 is 15.9 Å². The molecule has 0 aliphatic carbocycles. The lowest BCUT2D eigenvalue weighted by Gasteiger charge is -2.27. The predicted octanol–water partition coefficient (Wildman–Crippen LogP) is 5.81. The second kappa shape index (κ2) is 10.8. The number of benzene rings is 3. The van der Waals surface area contributed by atoms with Crippen LogP contribution in [0.5, 0.6) is 0 Å². The third-order valence-corrected chi connectivity index (χ3v) is 8.48. The van der Waals surface area contributed by atoms with Crippen LogP contribution in [-0.2, 0) is 19.6 Å². The van der Waals surface area contributed by atoms with Crippen molar-refractivity contribution in [3.8, 4) is 0 Å². The number of esters is 1. The molecule has 0 aromatic heterocycles. The molecule has 0 fully saturated rings. The molecule has 0 saturated carbocycles. The van der Waals surface area contributed by atoms with Gasteiger partial charge in [-0.15, -0.1) is 0 Å². The minimum absolute atomic E-state index is 0.0659. The highest BCUT2D eigenvalue weighted by atomic mass is 79.9. The molecule has 0 unspecified atom stereocenters. The maximum atomic E-state index is 13.9. The maximum Gasteiger partial charge on any atom is 0.330 e. The fourth-order valence-electron chi connectivity index (χ4n) is 4.39. The van der Waals surface area contributed by atoms with Crippen LogP contribution in [0.2, 0.25) is 0 Å². The van der Waals surface area contributed by atoms with Crippen molar-refractivity contribution in [3.05, 3.63) is 106 Å². The van der Waals surface area contributed by atoms with Gasteiger partial charge in [-0.1, -0.05) is 70.0 Å². The summed E-state index contributed by atoms with van der Waals surface area (Å²) >= 11 is 3.38. The molecule has 0 bridgehead atoms. The second-order valence-electron chi connectivity index (χ2n) is 8.52. The second-order valence-corrected chi connectivity index (χ2v) is 11.2. The Kier molecular flexibility index (Phi) is 7.76. The first-order valence-corrected chi connectivity index (χ1v) is 13.8. The zero-order valence-electron chi connectivity index (χ0n) is 19.9. The van der Waals surface area contributed by atoms with E-state index in [9.17, 15) is 18.0 Å². The highest BCUT2D eigenvalue weighted by Crippen LogP contribution is 2.46. The van der Waals surface area contributed by atoms with Crippen LogP contribution in [0, 0.1) is 6.92 Å². The monoisotopic (exact) mass is 567 g/mol. The first kappa shape index (κ1) is 25.9. The highest BCUT2D eigenvalue weighted by molar-refractivity contribution is 9.10. The van der Waals surface area contributed by atoms with E-state index in [1.807, 2.05) is 19.1 Å². The Balaban J connectivity index is 1.80. The van der Waals surface area contributed by atoms with E-state index in [1.165, 1.54) is 16.5 Å². The number of ether oxygens (including phenoxy) is 1. The van der Waals surface area contributed by atoms with E-state index in [1.54, 1.807) is 67.6 Å². The van der Waals surface area contributed by atoms with Gasteiger partial charge in [0, 0.05) is 28.5 Å². The van der Waals surface area contributed by atoms with E-state index in [-0.39, 0.29) is 23.7 Å². The molecule has 36 heavy (non-hydrogen) atoms. The van der Waals surface area contributed by atoms with Crippen molar-refractivity contribution in [1.29, 1.82) is 0 Å². The summed E-state index contributed by atoms with van der Waals surface area (Å²) in [7, 11) is -4.00. The van der Waals surface area contributed by atoms with Gasteiger partial charge in [0.15, 0.2) is 5.78 Å². The van der Waals surface area contributed by atoms with Crippen molar-refractivity contribution in [3.63, 3.8) is 0 Å². The number of carbonyl (C=O) groups is 2. The van der Waals surface area contributed by atoms with Gasteiger partial charge in [-0.25, -0.2) is 13.2 Å². The lowest BCUT2D eigenvalue weighted by Crippen LogP contribution is -2.38. The third kappa shape index (κ3) is 5.29. The molecule has 2 atom stereocenters. The Bertz CT molecular complexity index is 1400. The number of Topliss-reactive ketones (excluding diaryl/α,β-unsaturated/α-hetero) is 1. The predicted molar refractivity (Wildman–Crippen MR) is 143 cm³/mol. The van der Waals surface area contributed by atoms with E-state index < -0.39 is 28.0 Å². The number of carbonyl (C=O) groups excluding carboxylic acids is 2. The number of halogens is 1. The minimum Gasteiger partial charge on any atom is -0.463 e. The van der Waals surface area contributed by atoms with Crippen molar-refractivity contribution < 1.29 is 22.7 Å². The average molecular weight is 568 g/mol. The quantitative estimate of drug-likeness (QED) is 0.195. The Hall–Kier alpha value is -3.23. The Morgan fingerprint density at radius 1 is 1.00 bits per heavy atom. The number of hydrogen-bond acceptors (Lipinski definition) is 5. The van der Waals surface area contributed by atoms with E-state index in [0.717, 1.165) is 15.6 Å². The normalized spacial score (nSPS) is 17.2. The number of anilines is 1. The SMILES string of the molecule is CCOC(=O)/C=C/[C@H]1[C@H](CC(=O)c2ccc(Br)cc2)c2ccccc2N1S(=O)(=O)c1ccc(C)cc1. The summed E-state index contributed by atoms with van der Waals surface area (Å²) in [5.41, 5.74) is 2.69. The number of hydrogen-bond donors (Lipinski definition) is 0. The van der Waals surface area contributed by atoms with Gasteiger partial charge in [-0.05, 0) is 49.7 Å². The summed E-state index contributed by atoms with van der Waals surface area (Å²) < 4.78 is 35.0. The molecule has 0 amide bonds. The van der Waals surface area contributed by atoms with E-state index >= 15 is 0 Å². The number of sulfonamides is 1. The summed E-state index contributed by atoms with van der Waals surface area (Å²) in [6, 6.07) is 20.0. The molecular weight excluding hydrogens is 542 g/mol. The van der Waals surface area contributed by atoms with E-state index in [2.05, 4.69) is 15.9 Å². The van der Waals surface area contributed by atoms with Crippen molar-refractivity contribution in [1.82, 2.24) is 0 Å². The number of fused-ring (bicyclic) bond motifs is 1. The van der Waals surface area contributed by atoms with Gasteiger partial charge >= 0.3 is 5.97 Å². The lowest BCUT2D eigenvalue weighted by atomic mass is 9.88. The van der Waals surface area contributed by atoms with Gasteiger partial charge in [0.1, 0.15) is 0 Å². The van der Waals surface area contributed by atoms with Gasteiger partial charge in [0.25, 0.3) is 10.0 Å². The largest absolute Gasteiger partial charge is 0.463 e. The molecule has 0 N–H and O–H groups in total. The minimum atomic E-state index is -4.00. The summed E-state index contributed by atoms with van der Waals surface area (Å²) in [6.07, 6.45) is 2.84. The first-order valence-electron chi connectivity index (χ1n) is 11.6. The van der Waals surface area contributed by atoms with Crippen LogP contribution in [0.1, 0.15) is 40.7 Å². The van der Waals surface area contributed by atoms with Gasteiger partial charge in [0.2, 0.25) is 0 Å². The Morgan fingerprint density at radius 2 is 1.67 bits per heavy atom. The van der Waals surface area contributed by atoms with E-state index in [0.29, 0.717) is 11.3 Å². The Morgan fingerprint density at radius 3 is 2.33 bits per heavy atom. The molecule has 0 radical (unpaired) electrons. The van der Waals surface area contributed by atoms with Crippen LogP contribution < -0.4 is 4.31 Å². The fourth-order valence-corrected chi connectivity index (χ4v) is 6.32. The fraction of sp³-hybridized carbons (Fsp3) is 0.214. The number of nitrogens with zero attached hydrogens (tertiary/aromatic N) is 1. The molecule has 3 aromatic carbocycles. The van der Waals surface area contributed by atoms with Crippen LogP contribution in [0.4, 0.5) is 5.69 Å². The van der Waals surface area contributed by atoms with E-state index in [4.69, 9.17) is 4.74 Å². The molecule has 3 aromatic rings. The molecule has 4 rings (SSSR count). The smallest absolute Gasteiger partial charge is 0.330 e. The molecule has 0 saturated heterocycles. The topological polar surface area (TPSA) is 80.8 Å². The van der Waals surface area contributed by atoms with Crippen LogP contribution in [0.15, 0.2) is 94.3 Å². The zero-order chi connectivity index (χ0) is 25.9. The maximum absolute atomic E-state index is 13.9. The molecular formula is C28H26BrNO5S. The van der Waals surface area contributed by atoms with Crippen LogP contribution in [0.25, 0.3) is 0 Å². The van der Waals surface area contributed by atoms with Crippen LogP contribution in [-0.4, -0.2) is 32.8 Å². The zero-order valence-corrected chi connectivity index (χ0v) is 22.3. The van der Waals surface area contributed by atoms with Crippen molar-refractivity contribution in [2.45, 2.75) is 37.1 Å². The van der Waals surface area contributed by atoms with Gasteiger partial charge in [-0.2, -0.15) is 0 Å². The van der Waals surface area contributed by atoms with Gasteiger partial charge in [-0.3, -0.25) is 9.10 Å². The number of para-hydroxylation sites is 1. The number of aryl methyl sites for hydroxylation is 1. The molecule has 0 spiro atoms. The third-order valence-electron chi connectivity index (χ3n) is 6.12. The molecule has 1 heterocycles. The Labute approximate surface area is 219 Å². The standard InChI is InChI=1S/C28H26BrNO5S/c1-3-35-28(32)17-16-26-24(18-27(31)20-10-12-21(29)13-11-20)23-6-4-5-7-25(23)30(26)36(33,34)22-14-8-19(2)9-15-22/h4-17,24,26H,3,18H2,1-2H3/b17-16+/t24-,26+/m1/s1. The summed E-state index contributed by atoms with van der Waals surface area (Å²) in [5, 5.41) is 0. The average Bonchev–Trinajstić information content (AvgIpc) is 3.17. The van der Waals surface area contributed by atoms with Gasteiger partial charge < -0.3 is 4.74 Å². The highest BCUT2D eigenvalue weighted by Gasteiger charge is 2.44. The number of rotatable bonds is 8. The van der Waals surface area contributed by atoms with Crippen molar-refractivity contribution >= 4 is 43.4 Å². The summed E-state index contributed by atoms with van der Waals surface area (Å²) in [6.45, 7) is 3.78. The van der Waals surface area contributed by atoms with Crippen LogP contribution in [0.3, 0.4) is 0 Å². The molecule has 6 nitrogen and oxygen atoms in total.